The number of hydrogen-bond acceptors (Lipinski definition) is 4. The van der Waals surface area contributed by atoms with Gasteiger partial charge >= 0.3 is 5.97 Å². The molecule has 2 N–H and O–H groups in total. The fraction of sp³-hybridized carbons (Fsp3) is 0.375. The van der Waals surface area contributed by atoms with Gasteiger partial charge in [-0.1, -0.05) is 30.3 Å². The summed E-state index contributed by atoms with van der Waals surface area (Å²) in [6.45, 7) is 1.40. The maximum Gasteiger partial charge on any atom is 0.303 e. The number of carbonyl (C=O) groups excluding carboxylic acids is 2. The predicted octanol–water partition coefficient (Wildman–Crippen LogP) is 3.59. The molecular weight excluding hydrogens is 396 g/mol. The number of ether oxygens (including phenoxy) is 1. The number of nitrogens with zero attached hydrogens (tertiary/aromatic N) is 1. The highest BCUT2D eigenvalue weighted by molar-refractivity contribution is 5.99. The first-order chi connectivity index (χ1) is 15.0. The summed E-state index contributed by atoms with van der Waals surface area (Å²) in [6, 6.07) is 15.3. The van der Waals surface area contributed by atoms with E-state index in [9.17, 15) is 14.4 Å². The summed E-state index contributed by atoms with van der Waals surface area (Å²) in [5.74, 6) is -0.562. The average Bonchev–Trinajstić information content (AvgIpc) is 2.78. The Kier molecular flexibility index (Phi) is 7.65. The number of rotatable bonds is 8. The van der Waals surface area contributed by atoms with Gasteiger partial charge in [-0.15, -0.1) is 0 Å². The number of piperidine rings is 1. The Morgan fingerprint density at radius 2 is 1.77 bits per heavy atom. The Labute approximate surface area is 182 Å². The molecule has 0 saturated carbocycles. The normalized spacial score (nSPS) is 14.2. The first-order valence-electron chi connectivity index (χ1n) is 10.5. The Balaban J connectivity index is 1.58. The van der Waals surface area contributed by atoms with Crippen LogP contribution >= 0.6 is 0 Å². The number of carbonyl (C=O) groups is 3. The second-order valence-corrected chi connectivity index (χ2v) is 7.78. The number of aliphatic carboxylic acids is 1. The van der Waals surface area contributed by atoms with Crippen LogP contribution in [-0.4, -0.2) is 48.0 Å². The number of likely N-dealkylation sites (tertiary alicyclic amines) is 1. The van der Waals surface area contributed by atoms with E-state index in [-0.39, 0.29) is 18.7 Å². The largest absolute Gasteiger partial charge is 0.496 e. The molecule has 1 aliphatic rings. The molecular formula is C24H28N2O5. The van der Waals surface area contributed by atoms with Crippen molar-refractivity contribution in [3.63, 3.8) is 0 Å². The van der Waals surface area contributed by atoms with Crippen molar-refractivity contribution in [3.8, 4) is 5.75 Å². The van der Waals surface area contributed by atoms with Crippen molar-refractivity contribution in [3.05, 3.63) is 59.7 Å². The number of hydrogen-bond donors (Lipinski definition) is 2. The highest BCUT2D eigenvalue weighted by Crippen LogP contribution is 2.28. The lowest BCUT2D eigenvalue weighted by atomic mass is 9.90. The second-order valence-electron chi connectivity index (χ2n) is 7.78. The van der Waals surface area contributed by atoms with E-state index in [1.54, 1.807) is 18.2 Å². The summed E-state index contributed by atoms with van der Waals surface area (Å²) >= 11 is 0. The molecule has 2 aromatic rings. The van der Waals surface area contributed by atoms with E-state index < -0.39 is 11.9 Å². The van der Waals surface area contributed by atoms with Crippen molar-refractivity contribution < 1.29 is 24.2 Å². The van der Waals surface area contributed by atoms with Crippen molar-refractivity contribution in [2.24, 2.45) is 5.92 Å². The van der Waals surface area contributed by atoms with Gasteiger partial charge in [0.05, 0.1) is 19.1 Å². The Bertz CT molecular complexity index is 921. The maximum atomic E-state index is 13.0. The van der Waals surface area contributed by atoms with E-state index in [1.165, 1.54) is 12.7 Å². The molecule has 1 aliphatic heterocycles. The Hall–Kier alpha value is -3.35. The van der Waals surface area contributed by atoms with Gasteiger partial charge in [0.1, 0.15) is 5.75 Å². The molecule has 0 unspecified atom stereocenters. The number of methoxy groups -OCH3 is 1. The number of amides is 2. The van der Waals surface area contributed by atoms with Crippen molar-refractivity contribution in [1.29, 1.82) is 0 Å². The minimum atomic E-state index is -1.03. The molecule has 1 saturated heterocycles. The van der Waals surface area contributed by atoms with Crippen LogP contribution in [0.5, 0.6) is 5.75 Å². The first-order valence-corrected chi connectivity index (χ1v) is 10.5. The van der Waals surface area contributed by atoms with E-state index in [0.29, 0.717) is 36.0 Å². The van der Waals surface area contributed by atoms with Crippen LogP contribution in [0.1, 0.15) is 41.6 Å². The van der Waals surface area contributed by atoms with Gasteiger partial charge in [0.2, 0.25) is 5.91 Å². The Morgan fingerprint density at radius 1 is 1.06 bits per heavy atom. The molecule has 1 heterocycles. The van der Waals surface area contributed by atoms with Crippen molar-refractivity contribution >= 4 is 23.5 Å². The molecule has 0 aliphatic carbocycles. The molecule has 0 spiro atoms. The van der Waals surface area contributed by atoms with E-state index in [4.69, 9.17) is 9.84 Å². The molecule has 31 heavy (non-hydrogen) atoms. The monoisotopic (exact) mass is 424 g/mol. The lowest BCUT2D eigenvalue weighted by Gasteiger charge is -2.32. The lowest BCUT2D eigenvalue weighted by molar-refractivity contribution is -0.138. The molecule has 164 valence electrons. The van der Waals surface area contributed by atoms with Crippen LogP contribution < -0.4 is 10.1 Å². The van der Waals surface area contributed by atoms with E-state index in [2.05, 4.69) is 29.6 Å². The quantitative estimate of drug-likeness (QED) is 0.675. The molecule has 2 aromatic carbocycles. The van der Waals surface area contributed by atoms with Crippen LogP contribution in [0.4, 0.5) is 5.69 Å². The van der Waals surface area contributed by atoms with Crippen LogP contribution in [0.2, 0.25) is 0 Å². The Morgan fingerprint density at radius 3 is 2.42 bits per heavy atom. The van der Waals surface area contributed by atoms with Crippen LogP contribution in [0.15, 0.2) is 48.5 Å². The zero-order valence-corrected chi connectivity index (χ0v) is 17.7. The SMILES string of the molecule is COc1cc(NC(=O)CCC(=O)O)ccc1C(=O)N1CCC(Cc2ccccc2)CC1. The van der Waals surface area contributed by atoms with Gasteiger partial charge < -0.3 is 20.1 Å². The maximum absolute atomic E-state index is 13.0. The van der Waals surface area contributed by atoms with Gasteiger partial charge in [-0.25, -0.2) is 0 Å². The average molecular weight is 424 g/mol. The standard InChI is InChI=1S/C24H28N2O5/c1-31-21-16-19(25-22(27)9-10-23(28)29)7-8-20(21)24(30)26-13-11-18(12-14-26)15-17-5-3-2-4-6-17/h2-8,16,18H,9-15H2,1H3,(H,25,27)(H,28,29). The summed E-state index contributed by atoms with van der Waals surface area (Å²) in [7, 11) is 1.48. The number of carboxylic acid groups (broad SMARTS) is 1. The minimum absolute atomic E-state index is 0.0845. The van der Waals surface area contributed by atoms with E-state index >= 15 is 0 Å². The smallest absolute Gasteiger partial charge is 0.303 e. The third-order valence-electron chi connectivity index (χ3n) is 5.55. The minimum Gasteiger partial charge on any atom is -0.496 e. The van der Waals surface area contributed by atoms with Crippen molar-refractivity contribution in [2.75, 3.05) is 25.5 Å². The van der Waals surface area contributed by atoms with Crippen LogP contribution in [0, 0.1) is 5.92 Å². The molecule has 0 radical (unpaired) electrons. The number of anilines is 1. The summed E-state index contributed by atoms with van der Waals surface area (Å²) < 4.78 is 5.38. The second kappa shape index (κ2) is 10.6. The fourth-order valence-corrected chi connectivity index (χ4v) is 3.85. The summed E-state index contributed by atoms with van der Waals surface area (Å²) in [6.07, 6.45) is 2.60. The van der Waals surface area contributed by atoms with Crippen molar-refractivity contribution in [2.45, 2.75) is 32.1 Å². The fourth-order valence-electron chi connectivity index (χ4n) is 3.85. The summed E-state index contributed by atoms with van der Waals surface area (Å²) in [5, 5.41) is 11.3. The molecule has 3 rings (SSSR count). The highest BCUT2D eigenvalue weighted by Gasteiger charge is 2.25. The molecule has 1 fully saturated rings. The van der Waals surface area contributed by atoms with Gasteiger partial charge in [-0.2, -0.15) is 0 Å². The van der Waals surface area contributed by atoms with Crippen LogP contribution in [0.3, 0.4) is 0 Å². The van der Waals surface area contributed by atoms with Crippen LogP contribution in [0.25, 0.3) is 0 Å². The first kappa shape index (κ1) is 22.3. The molecule has 2 amide bonds. The third-order valence-corrected chi connectivity index (χ3v) is 5.55. The lowest BCUT2D eigenvalue weighted by Crippen LogP contribution is -2.39. The summed E-state index contributed by atoms with van der Waals surface area (Å²) in [4.78, 5) is 37.4. The molecule has 7 nitrogen and oxygen atoms in total. The van der Waals surface area contributed by atoms with Gasteiger partial charge in [0.25, 0.3) is 5.91 Å². The number of carboxylic acids is 1. The third kappa shape index (κ3) is 6.31. The zero-order valence-electron chi connectivity index (χ0n) is 17.7. The molecule has 0 bridgehead atoms. The predicted molar refractivity (Wildman–Crippen MR) is 117 cm³/mol. The summed E-state index contributed by atoms with van der Waals surface area (Å²) in [5.41, 5.74) is 2.24. The van der Waals surface area contributed by atoms with Gasteiger partial charge in [-0.05, 0) is 42.9 Å². The molecule has 7 heteroatoms. The van der Waals surface area contributed by atoms with Crippen LogP contribution in [-0.2, 0) is 16.0 Å². The highest BCUT2D eigenvalue weighted by atomic mass is 16.5. The van der Waals surface area contributed by atoms with Crippen molar-refractivity contribution in [1.82, 2.24) is 4.90 Å². The molecule has 0 atom stereocenters. The zero-order chi connectivity index (χ0) is 22.2. The van der Waals surface area contributed by atoms with Gasteiger partial charge in [0.15, 0.2) is 0 Å². The van der Waals surface area contributed by atoms with Gasteiger partial charge in [-0.3, -0.25) is 14.4 Å². The number of benzene rings is 2. The molecule has 0 aromatic heterocycles. The van der Waals surface area contributed by atoms with Gasteiger partial charge in [0, 0.05) is 31.3 Å². The topological polar surface area (TPSA) is 95.9 Å². The van der Waals surface area contributed by atoms with E-state index in [0.717, 1.165) is 19.3 Å². The number of nitrogens with one attached hydrogen (secondary N) is 1. The van der Waals surface area contributed by atoms with E-state index in [1.807, 2.05) is 11.0 Å².